The van der Waals surface area contributed by atoms with Gasteiger partial charge in [0.15, 0.2) is 0 Å². The molecule has 2 aromatic rings. The molecule has 0 radical (unpaired) electrons. The van der Waals surface area contributed by atoms with Crippen LogP contribution in [0.4, 0.5) is 11.4 Å². The lowest BCUT2D eigenvalue weighted by Gasteiger charge is -2.35. The first-order valence-corrected chi connectivity index (χ1v) is 9.60. The van der Waals surface area contributed by atoms with Crippen molar-refractivity contribution in [2.24, 2.45) is 0 Å². The summed E-state index contributed by atoms with van der Waals surface area (Å²) in [6.07, 6.45) is 6.42. The summed E-state index contributed by atoms with van der Waals surface area (Å²) in [6.45, 7) is 11.4. The molecule has 1 saturated carbocycles. The third-order valence-corrected chi connectivity index (χ3v) is 5.32. The Bertz CT molecular complexity index is 627. The van der Waals surface area contributed by atoms with Crippen LogP contribution in [0.1, 0.15) is 60.3 Å². The van der Waals surface area contributed by atoms with Gasteiger partial charge in [-0.25, -0.2) is 0 Å². The summed E-state index contributed by atoms with van der Waals surface area (Å²) in [6, 6.07) is 14.4. The third kappa shape index (κ3) is 3.11. The standard InChI is InChI=1S/C18H24N2.C4H8/c1-12(2)19-14(5)20(13(3)4)18-11-16-9-7-6-8-15(16)10-17(18)19;1-2-4-3-1/h6-14H,1-5H3;1-4H2. The van der Waals surface area contributed by atoms with E-state index in [1.807, 2.05) is 0 Å². The monoisotopic (exact) mass is 324 g/mol. The lowest BCUT2D eigenvalue weighted by atomic mass is 10.0. The maximum Gasteiger partial charge on any atom is 0.0993 e. The van der Waals surface area contributed by atoms with Gasteiger partial charge in [0.05, 0.1) is 17.5 Å². The van der Waals surface area contributed by atoms with Gasteiger partial charge < -0.3 is 9.80 Å². The lowest BCUT2D eigenvalue weighted by molar-refractivity contribution is 0.504. The Kier molecular flexibility index (Phi) is 5.03. The van der Waals surface area contributed by atoms with Crippen molar-refractivity contribution in [1.29, 1.82) is 0 Å². The molecule has 4 rings (SSSR count). The molecule has 0 spiro atoms. The Morgan fingerprint density at radius 2 is 1.12 bits per heavy atom. The number of benzene rings is 2. The summed E-state index contributed by atoms with van der Waals surface area (Å²) in [4.78, 5) is 5.06. The molecular formula is C22H32N2. The van der Waals surface area contributed by atoms with E-state index in [1.54, 1.807) is 0 Å². The molecule has 0 N–H and O–H groups in total. The molecule has 1 aliphatic heterocycles. The van der Waals surface area contributed by atoms with Crippen LogP contribution >= 0.6 is 0 Å². The van der Waals surface area contributed by atoms with E-state index in [-0.39, 0.29) is 0 Å². The average molecular weight is 325 g/mol. The van der Waals surface area contributed by atoms with E-state index < -0.39 is 0 Å². The van der Waals surface area contributed by atoms with Crippen LogP contribution in [0.3, 0.4) is 0 Å². The van der Waals surface area contributed by atoms with Gasteiger partial charge in [0.2, 0.25) is 0 Å². The second kappa shape index (κ2) is 7.04. The van der Waals surface area contributed by atoms with Crippen molar-refractivity contribution in [3.05, 3.63) is 36.4 Å². The van der Waals surface area contributed by atoms with E-state index >= 15 is 0 Å². The van der Waals surface area contributed by atoms with Crippen molar-refractivity contribution in [2.45, 2.75) is 78.6 Å². The van der Waals surface area contributed by atoms with Gasteiger partial charge in [0, 0.05) is 12.1 Å². The normalized spacial score (nSPS) is 17.1. The van der Waals surface area contributed by atoms with E-state index in [0.717, 1.165) is 0 Å². The predicted octanol–water partition coefficient (Wildman–Crippen LogP) is 6.19. The van der Waals surface area contributed by atoms with Crippen LogP contribution in [0.15, 0.2) is 36.4 Å². The van der Waals surface area contributed by atoms with Gasteiger partial charge in [-0.05, 0) is 57.5 Å². The minimum atomic E-state index is 0.418. The summed E-state index contributed by atoms with van der Waals surface area (Å²) in [7, 11) is 0. The zero-order chi connectivity index (χ0) is 17.3. The molecule has 2 aliphatic rings. The zero-order valence-electron chi connectivity index (χ0n) is 15.9. The van der Waals surface area contributed by atoms with E-state index in [0.29, 0.717) is 18.2 Å². The molecule has 130 valence electrons. The third-order valence-electron chi connectivity index (χ3n) is 5.32. The Morgan fingerprint density at radius 1 is 0.750 bits per heavy atom. The fourth-order valence-corrected chi connectivity index (χ4v) is 3.84. The molecule has 24 heavy (non-hydrogen) atoms. The van der Waals surface area contributed by atoms with Crippen LogP contribution in [-0.2, 0) is 0 Å². The van der Waals surface area contributed by atoms with Gasteiger partial charge in [-0.15, -0.1) is 0 Å². The van der Waals surface area contributed by atoms with Crippen molar-refractivity contribution in [1.82, 2.24) is 0 Å². The van der Waals surface area contributed by atoms with Crippen LogP contribution in [-0.4, -0.2) is 18.2 Å². The summed E-state index contributed by atoms with van der Waals surface area (Å²) in [5.74, 6) is 0. The SMILES string of the molecule is C1CCC1.CC(C)N1c2cc3ccccc3cc2N(C(C)C)C1C. The van der Waals surface area contributed by atoms with Crippen LogP contribution in [0, 0.1) is 0 Å². The van der Waals surface area contributed by atoms with Gasteiger partial charge in [0.25, 0.3) is 0 Å². The number of anilines is 2. The molecule has 0 saturated heterocycles. The molecule has 0 aromatic heterocycles. The number of nitrogens with zero attached hydrogens (tertiary/aromatic N) is 2. The largest absolute Gasteiger partial charge is 0.347 e. The van der Waals surface area contributed by atoms with Crippen molar-refractivity contribution in [3.63, 3.8) is 0 Å². The summed E-state index contributed by atoms with van der Waals surface area (Å²) < 4.78 is 0. The van der Waals surface area contributed by atoms with E-state index in [1.165, 1.54) is 47.8 Å². The molecule has 0 bridgehead atoms. The maximum absolute atomic E-state index is 2.53. The Hall–Kier alpha value is -1.70. The van der Waals surface area contributed by atoms with Crippen LogP contribution in [0.2, 0.25) is 0 Å². The van der Waals surface area contributed by atoms with Crippen LogP contribution < -0.4 is 9.80 Å². The van der Waals surface area contributed by atoms with Gasteiger partial charge in [-0.1, -0.05) is 49.9 Å². The topological polar surface area (TPSA) is 6.48 Å². The van der Waals surface area contributed by atoms with Gasteiger partial charge in [-0.2, -0.15) is 0 Å². The average Bonchev–Trinajstić information content (AvgIpc) is 2.74. The number of hydrogen-bond donors (Lipinski definition) is 0. The molecule has 1 heterocycles. The number of hydrogen-bond acceptors (Lipinski definition) is 2. The zero-order valence-corrected chi connectivity index (χ0v) is 15.9. The number of rotatable bonds is 2. The first kappa shape index (κ1) is 17.1. The molecule has 1 aliphatic carbocycles. The lowest BCUT2D eigenvalue weighted by Crippen LogP contribution is -2.47. The highest BCUT2D eigenvalue weighted by molar-refractivity contribution is 5.95. The highest BCUT2D eigenvalue weighted by Gasteiger charge is 2.35. The molecule has 2 aromatic carbocycles. The second-order valence-electron chi connectivity index (χ2n) is 7.74. The Morgan fingerprint density at radius 3 is 1.42 bits per heavy atom. The highest BCUT2D eigenvalue weighted by atomic mass is 15.4. The van der Waals surface area contributed by atoms with Gasteiger partial charge in [0.1, 0.15) is 0 Å². The van der Waals surface area contributed by atoms with Crippen molar-refractivity contribution in [3.8, 4) is 0 Å². The summed E-state index contributed by atoms with van der Waals surface area (Å²) >= 11 is 0. The fraction of sp³-hybridized carbons (Fsp3) is 0.545. The molecule has 2 nitrogen and oxygen atoms in total. The van der Waals surface area contributed by atoms with Crippen molar-refractivity contribution < 1.29 is 0 Å². The maximum atomic E-state index is 2.53. The van der Waals surface area contributed by atoms with Crippen LogP contribution in [0.5, 0.6) is 0 Å². The quantitative estimate of drug-likeness (QED) is 0.650. The minimum Gasteiger partial charge on any atom is -0.347 e. The second-order valence-corrected chi connectivity index (χ2v) is 7.74. The minimum absolute atomic E-state index is 0.418. The van der Waals surface area contributed by atoms with Crippen molar-refractivity contribution in [2.75, 3.05) is 9.80 Å². The fourth-order valence-electron chi connectivity index (χ4n) is 3.84. The van der Waals surface area contributed by atoms with Gasteiger partial charge in [-0.3, -0.25) is 0 Å². The number of fused-ring (bicyclic) bond motifs is 2. The molecule has 2 heteroatoms. The Labute approximate surface area is 147 Å². The molecule has 0 amide bonds. The molecular weight excluding hydrogens is 292 g/mol. The molecule has 0 unspecified atom stereocenters. The van der Waals surface area contributed by atoms with Crippen molar-refractivity contribution >= 4 is 22.1 Å². The Balaban J connectivity index is 0.000000370. The predicted molar refractivity (Wildman–Crippen MR) is 107 cm³/mol. The first-order valence-electron chi connectivity index (χ1n) is 9.60. The first-order chi connectivity index (χ1) is 11.5. The molecule has 0 atom stereocenters. The summed E-state index contributed by atoms with van der Waals surface area (Å²) in [5, 5.41) is 2.66. The van der Waals surface area contributed by atoms with Gasteiger partial charge >= 0.3 is 0 Å². The van der Waals surface area contributed by atoms with E-state index in [4.69, 9.17) is 0 Å². The summed E-state index contributed by atoms with van der Waals surface area (Å²) in [5.41, 5.74) is 2.75. The molecule has 1 fully saturated rings. The smallest absolute Gasteiger partial charge is 0.0993 e. The van der Waals surface area contributed by atoms with Crippen LogP contribution in [0.25, 0.3) is 10.8 Å². The van der Waals surface area contributed by atoms with E-state index in [9.17, 15) is 0 Å². The highest BCUT2D eigenvalue weighted by Crippen LogP contribution is 2.44. The van der Waals surface area contributed by atoms with E-state index in [2.05, 4.69) is 80.8 Å².